The fraction of sp³-hybridized carbons (Fsp3) is 0.526. The molecular weight excluding hydrogens is 676 g/mol. The van der Waals surface area contributed by atoms with E-state index < -0.39 is 19.0 Å². The van der Waals surface area contributed by atoms with Crippen molar-refractivity contribution in [1.29, 1.82) is 0 Å². The number of aromatic nitrogens is 4. The largest absolute Gasteiger partial charge is 0.481 e. The SMILES string of the molecule is C=CC(=O)N1CC2(CCN(c3nc(N4CC(N5CC[C@@H](F)C5)C4)nc4c(OCC(F)(F)F)c(-c5c(C)ccc6[nH]ncc56)c(C5CC5)cc34)CC2)C1. The highest BCUT2D eigenvalue weighted by atomic mass is 19.4. The van der Waals surface area contributed by atoms with E-state index >= 15 is 0 Å². The molecule has 14 heteroatoms. The van der Waals surface area contributed by atoms with Crippen molar-refractivity contribution in [3.05, 3.63) is 48.2 Å². The Kier molecular flexibility index (Phi) is 7.90. The maximum Gasteiger partial charge on any atom is 0.422 e. The Morgan fingerprint density at radius 2 is 1.81 bits per heavy atom. The summed E-state index contributed by atoms with van der Waals surface area (Å²) in [5.41, 5.74) is 4.41. The number of benzene rings is 2. The summed E-state index contributed by atoms with van der Waals surface area (Å²) in [6.45, 7) is 9.20. The number of halogens is 4. The van der Waals surface area contributed by atoms with Crippen LogP contribution in [-0.4, -0.2) is 113 Å². The van der Waals surface area contributed by atoms with Gasteiger partial charge in [-0.05, 0) is 79.8 Å². The van der Waals surface area contributed by atoms with Crippen molar-refractivity contribution in [2.24, 2.45) is 5.41 Å². The van der Waals surface area contributed by atoms with E-state index in [9.17, 15) is 22.4 Å². The molecule has 10 nitrogen and oxygen atoms in total. The number of piperidine rings is 1. The topological polar surface area (TPSA) is 93.7 Å². The fourth-order valence-electron chi connectivity index (χ4n) is 8.82. The van der Waals surface area contributed by atoms with Crippen LogP contribution in [0, 0.1) is 12.3 Å². The lowest BCUT2D eigenvalue weighted by Crippen LogP contribution is -2.61. The molecular formula is C38H42F4N8O2. The first kappa shape index (κ1) is 33.4. The van der Waals surface area contributed by atoms with Crippen molar-refractivity contribution < 1.29 is 27.1 Å². The number of fused-ring (bicyclic) bond motifs is 2. The minimum Gasteiger partial charge on any atom is -0.481 e. The summed E-state index contributed by atoms with van der Waals surface area (Å²) in [5.74, 6) is 1.33. The first-order valence-electron chi connectivity index (χ1n) is 18.3. The van der Waals surface area contributed by atoms with Crippen molar-refractivity contribution in [3.8, 4) is 16.9 Å². The minimum atomic E-state index is -4.58. The van der Waals surface area contributed by atoms with E-state index in [1.807, 2.05) is 28.9 Å². The van der Waals surface area contributed by atoms with E-state index in [4.69, 9.17) is 14.7 Å². The van der Waals surface area contributed by atoms with Gasteiger partial charge < -0.3 is 19.4 Å². The molecule has 1 amide bonds. The number of likely N-dealkylation sites (tertiary alicyclic amines) is 2. The molecule has 2 aromatic carbocycles. The van der Waals surface area contributed by atoms with Gasteiger partial charge in [-0.1, -0.05) is 12.6 Å². The zero-order chi connectivity index (χ0) is 35.9. The number of nitrogens with zero attached hydrogens (tertiary/aromatic N) is 7. The molecule has 52 heavy (non-hydrogen) atoms. The van der Waals surface area contributed by atoms with Crippen LogP contribution in [0.2, 0.25) is 0 Å². The standard InChI is InChI=1S/C38H42F4N8O2/c1-3-30(51)50-19-37(20-50)9-12-47(13-10-37)35-27-14-26(23-5-6-23)32(31-22(2)4-7-29-28(31)15-43-46-29)34(52-21-38(40,41)42)33(27)44-36(45-35)49-17-25(18-49)48-11-8-24(39)16-48/h3-4,7,14-15,23-25H,1,5-6,8-13,16-21H2,2H3,(H,43,46)/t24-/m1/s1. The van der Waals surface area contributed by atoms with Crippen molar-refractivity contribution in [2.75, 3.05) is 68.8 Å². The summed E-state index contributed by atoms with van der Waals surface area (Å²) in [5, 5.41) is 8.78. The van der Waals surface area contributed by atoms with Crippen molar-refractivity contribution in [3.63, 3.8) is 0 Å². The highest BCUT2D eigenvalue weighted by Gasteiger charge is 2.47. The number of rotatable bonds is 8. The van der Waals surface area contributed by atoms with Gasteiger partial charge in [0.25, 0.3) is 0 Å². The molecule has 4 saturated heterocycles. The molecule has 2 aromatic heterocycles. The van der Waals surface area contributed by atoms with E-state index in [2.05, 4.69) is 32.6 Å². The first-order valence-corrected chi connectivity index (χ1v) is 18.3. The predicted octanol–water partition coefficient (Wildman–Crippen LogP) is 6.15. The number of carbonyl (C=O) groups is 1. The Morgan fingerprint density at radius 1 is 1.04 bits per heavy atom. The van der Waals surface area contributed by atoms with Crippen LogP contribution in [0.1, 0.15) is 49.1 Å². The van der Waals surface area contributed by atoms with Crippen LogP contribution in [0.15, 0.2) is 37.1 Å². The molecule has 1 aliphatic carbocycles. The molecule has 1 spiro atoms. The summed E-state index contributed by atoms with van der Waals surface area (Å²) in [7, 11) is 0. The third-order valence-corrected chi connectivity index (χ3v) is 11.9. The quantitative estimate of drug-likeness (QED) is 0.172. The van der Waals surface area contributed by atoms with Gasteiger partial charge in [0.2, 0.25) is 11.9 Å². The maximum atomic E-state index is 14.1. The molecule has 4 aromatic rings. The van der Waals surface area contributed by atoms with E-state index in [1.54, 1.807) is 6.20 Å². The predicted molar refractivity (Wildman–Crippen MR) is 191 cm³/mol. The lowest BCUT2D eigenvalue weighted by molar-refractivity contribution is -0.153. The van der Waals surface area contributed by atoms with Crippen molar-refractivity contribution in [2.45, 2.75) is 63.3 Å². The third kappa shape index (κ3) is 5.82. The highest BCUT2D eigenvalue weighted by Crippen LogP contribution is 2.53. The minimum absolute atomic E-state index is 0.0314. The number of nitrogens with one attached hydrogen (secondary N) is 1. The molecule has 0 radical (unpaired) electrons. The van der Waals surface area contributed by atoms with Gasteiger partial charge >= 0.3 is 6.18 Å². The summed E-state index contributed by atoms with van der Waals surface area (Å²) >= 11 is 0. The number of anilines is 2. The Morgan fingerprint density at radius 3 is 2.48 bits per heavy atom. The van der Waals surface area contributed by atoms with Gasteiger partial charge in [-0.15, -0.1) is 0 Å². The van der Waals surface area contributed by atoms with E-state index in [1.165, 1.54) is 6.08 Å². The van der Waals surface area contributed by atoms with Crippen LogP contribution in [0.5, 0.6) is 5.75 Å². The second-order valence-electron chi connectivity index (χ2n) is 15.5. The molecule has 274 valence electrons. The summed E-state index contributed by atoms with van der Waals surface area (Å²) in [4.78, 5) is 30.7. The highest BCUT2D eigenvalue weighted by molar-refractivity contribution is 6.06. The number of carbonyl (C=O) groups excluding carboxylic acids is 1. The summed E-state index contributed by atoms with van der Waals surface area (Å²) < 4.78 is 62.2. The van der Waals surface area contributed by atoms with E-state index in [0.717, 1.165) is 53.3 Å². The molecule has 5 fully saturated rings. The van der Waals surface area contributed by atoms with E-state index in [-0.39, 0.29) is 29.0 Å². The molecule has 9 rings (SSSR count). The number of hydrogen-bond acceptors (Lipinski definition) is 8. The average Bonchev–Trinajstić information content (AvgIpc) is 3.67. The van der Waals surface area contributed by atoms with Crippen molar-refractivity contribution in [1.82, 2.24) is 30.0 Å². The Balaban J connectivity index is 1.18. The number of ether oxygens (including phenoxy) is 1. The molecule has 0 bridgehead atoms. The molecule has 6 heterocycles. The fourth-order valence-corrected chi connectivity index (χ4v) is 8.82. The lowest BCUT2D eigenvalue weighted by Gasteiger charge is -2.54. The molecule has 1 N–H and O–H groups in total. The molecule has 5 aliphatic rings. The number of aromatic amines is 1. The number of alkyl halides is 4. The van der Waals surface area contributed by atoms with Crippen LogP contribution in [0.25, 0.3) is 32.9 Å². The van der Waals surface area contributed by atoms with Gasteiger partial charge in [-0.25, -0.2) is 9.37 Å². The first-order chi connectivity index (χ1) is 25.0. The number of amides is 1. The third-order valence-electron chi connectivity index (χ3n) is 11.9. The normalized spacial score (nSPS) is 22.3. The lowest BCUT2D eigenvalue weighted by atomic mass is 9.72. The van der Waals surface area contributed by atoms with Gasteiger partial charge in [0.05, 0.1) is 11.7 Å². The Labute approximate surface area is 298 Å². The van der Waals surface area contributed by atoms with Gasteiger partial charge in [0.15, 0.2) is 12.4 Å². The van der Waals surface area contributed by atoms with Crippen LogP contribution in [0.4, 0.5) is 29.3 Å². The Hall–Kier alpha value is -4.46. The second kappa shape index (κ2) is 12.3. The summed E-state index contributed by atoms with van der Waals surface area (Å²) in [6.07, 6.45) is 1.75. The monoisotopic (exact) mass is 718 g/mol. The second-order valence-corrected chi connectivity index (χ2v) is 15.5. The van der Waals surface area contributed by atoms with Crippen LogP contribution in [-0.2, 0) is 4.79 Å². The maximum absolute atomic E-state index is 14.1. The molecule has 4 aliphatic heterocycles. The molecule has 1 saturated carbocycles. The molecule has 1 atom stereocenters. The Bertz CT molecular complexity index is 2060. The van der Waals surface area contributed by atoms with Crippen LogP contribution >= 0.6 is 0 Å². The summed E-state index contributed by atoms with van der Waals surface area (Å²) in [6, 6.07) is 6.14. The molecule has 0 unspecified atom stereocenters. The average molecular weight is 719 g/mol. The smallest absolute Gasteiger partial charge is 0.422 e. The number of hydrogen-bond donors (Lipinski definition) is 1. The van der Waals surface area contributed by atoms with Crippen LogP contribution in [0.3, 0.4) is 0 Å². The van der Waals surface area contributed by atoms with E-state index in [0.29, 0.717) is 87.0 Å². The van der Waals surface area contributed by atoms with Gasteiger partial charge in [0, 0.05) is 80.2 Å². The zero-order valence-corrected chi connectivity index (χ0v) is 29.2. The van der Waals surface area contributed by atoms with Gasteiger partial charge in [0.1, 0.15) is 17.5 Å². The number of aryl methyl sites for hydroxylation is 1. The van der Waals surface area contributed by atoms with Crippen LogP contribution < -0.4 is 14.5 Å². The number of H-pyrrole nitrogens is 1. The van der Waals surface area contributed by atoms with Gasteiger partial charge in [-0.2, -0.15) is 23.3 Å². The van der Waals surface area contributed by atoms with Crippen molar-refractivity contribution >= 4 is 39.5 Å². The zero-order valence-electron chi connectivity index (χ0n) is 29.2. The van der Waals surface area contributed by atoms with Gasteiger partial charge in [-0.3, -0.25) is 14.8 Å².